The number of methoxy groups -OCH3 is 2. The Labute approximate surface area is 168 Å². The van der Waals surface area contributed by atoms with Gasteiger partial charge in [0.1, 0.15) is 17.3 Å². The number of ether oxygens (including phenoxy) is 2. The summed E-state index contributed by atoms with van der Waals surface area (Å²) in [4.78, 5) is 14.7. The first-order chi connectivity index (χ1) is 14.1. The first kappa shape index (κ1) is 19.3. The summed E-state index contributed by atoms with van der Waals surface area (Å²) < 4.78 is 14.3. The summed E-state index contributed by atoms with van der Waals surface area (Å²) in [5.74, 6) is 2.32. The number of rotatable bonds is 7. The zero-order valence-electron chi connectivity index (χ0n) is 17.0. The maximum absolute atomic E-state index is 12.4. The van der Waals surface area contributed by atoms with E-state index < -0.39 is 0 Å². The molecule has 29 heavy (non-hydrogen) atoms. The summed E-state index contributed by atoms with van der Waals surface area (Å²) in [6, 6.07) is 5.70. The molecule has 0 radical (unpaired) electrons. The number of aryl methyl sites for hydroxylation is 1. The molecule has 0 atom stereocenters. The van der Waals surface area contributed by atoms with Gasteiger partial charge in [-0.1, -0.05) is 6.92 Å². The molecule has 9 heteroatoms. The van der Waals surface area contributed by atoms with Crippen molar-refractivity contribution in [3.05, 3.63) is 46.3 Å². The van der Waals surface area contributed by atoms with Gasteiger partial charge >= 0.3 is 5.69 Å². The van der Waals surface area contributed by atoms with Crippen LogP contribution in [0.4, 0.5) is 0 Å². The van der Waals surface area contributed by atoms with E-state index in [1.807, 2.05) is 31.3 Å². The molecule has 3 aromatic rings. The van der Waals surface area contributed by atoms with Gasteiger partial charge in [-0.15, -0.1) is 0 Å². The van der Waals surface area contributed by atoms with Crippen molar-refractivity contribution in [1.82, 2.24) is 29.4 Å². The Morgan fingerprint density at radius 2 is 2.07 bits per heavy atom. The maximum atomic E-state index is 12.4. The van der Waals surface area contributed by atoms with E-state index in [2.05, 4.69) is 20.2 Å². The van der Waals surface area contributed by atoms with Crippen LogP contribution in [0, 0.1) is 0 Å². The molecule has 0 amide bonds. The van der Waals surface area contributed by atoms with Gasteiger partial charge in [0.25, 0.3) is 0 Å². The van der Waals surface area contributed by atoms with E-state index >= 15 is 0 Å². The third-order valence-corrected chi connectivity index (χ3v) is 5.23. The van der Waals surface area contributed by atoms with Crippen molar-refractivity contribution in [3.8, 4) is 22.8 Å². The summed E-state index contributed by atoms with van der Waals surface area (Å²) in [7, 11) is 3.29. The lowest BCUT2D eigenvalue weighted by molar-refractivity contribution is 0.207. The molecule has 2 aromatic heterocycles. The Bertz CT molecular complexity index is 1050. The number of hydrogen-bond acceptors (Lipinski definition) is 6. The largest absolute Gasteiger partial charge is 0.497 e. The third-order valence-electron chi connectivity index (χ3n) is 5.23. The molecule has 9 nitrogen and oxygen atoms in total. The molecule has 154 valence electrons. The second kappa shape index (κ2) is 8.12. The number of aromatic amines is 1. The molecule has 0 aliphatic carbocycles. The molecule has 0 fully saturated rings. The van der Waals surface area contributed by atoms with Crippen LogP contribution in [0.5, 0.6) is 11.5 Å². The third kappa shape index (κ3) is 3.65. The van der Waals surface area contributed by atoms with Crippen LogP contribution < -0.4 is 15.2 Å². The van der Waals surface area contributed by atoms with E-state index in [0.29, 0.717) is 26.2 Å². The van der Waals surface area contributed by atoms with Crippen LogP contribution in [-0.2, 0) is 26.2 Å². The van der Waals surface area contributed by atoms with Crippen molar-refractivity contribution in [2.45, 2.75) is 39.5 Å². The average molecular weight is 398 g/mol. The second-order valence-electron chi connectivity index (χ2n) is 7.12. The van der Waals surface area contributed by atoms with E-state index in [4.69, 9.17) is 9.47 Å². The van der Waals surface area contributed by atoms with Crippen molar-refractivity contribution in [2.24, 2.45) is 0 Å². The zero-order chi connectivity index (χ0) is 20.4. The number of nitrogens with zero attached hydrogens (tertiary/aromatic N) is 5. The molecule has 0 saturated heterocycles. The molecule has 0 saturated carbocycles. The van der Waals surface area contributed by atoms with Crippen LogP contribution in [-0.4, -0.2) is 50.2 Å². The smallest absolute Gasteiger partial charge is 0.345 e. The molecule has 1 aliphatic rings. The van der Waals surface area contributed by atoms with Crippen LogP contribution >= 0.6 is 0 Å². The number of benzene rings is 1. The van der Waals surface area contributed by atoms with E-state index in [9.17, 15) is 4.79 Å². The molecule has 0 unspecified atom stereocenters. The van der Waals surface area contributed by atoms with E-state index in [-0.39, 0.29) is 5.69 Å². The highest BCUT2D eigenvalue weighted by Crippen LogP contribution is 2.34. The maximum Gasteiger partial charge on any atom is 0.345 e. The minimum absolute atomic E-state index is 0.00776. The molecule has 3 heterocycles. The van der Waals surface area contributed by atoms with Gasteiger partial charge in [0.2, 0.25) is 0 Å². The Balaban J connectivity index is 1.58. The van der Waals surface area contributed by atoms with Crippen molar-refractivity contribution < 1.29 is 9.47 Å². The van der Waals surface area contributed by atoms with Gasteiger partial charge in [-0.25, -0.2) is 9.48 Å². The Morgan fingerprint density at radius 1 is 1.21 bits per heavy atom. The summed E-state index contributed by atoms with van der Waals surface area (Å²) >= 11 is 0. The van der Waals surface area contributed by atoms with Crippen LogP contribution in [0.15, 0.2) is 29.2 Å². The number of aromatic nitrogens is 5. The van der Waals surface area contributed by atoms with Crippen LogP contribution in [0.25, 0.3) is 11.3 Å². The lowest BCUT2D eigenvalue weighted by Gasteiger charge is -2.26. The minimum atomic E-state index is -0.00776. The van der Waals surface area contributed by atoms with Crippen LogP contribution in [0.1, 0.15) is 24.7 Å². The fraction of sp³-hybridized carbons (Fsp3) is 0.450. The molecular weight excluding hydrogens is 372 g/mol. The zero-order valence-corrected chi connectivity index (χ0v) is 17.0. The summed E-state index contributed by atoms with van der Waals surface area (Å²) in [6.45, 7) is 5.45. The lowest BCUT2D eigenvalue weighted by atomic mass is 10.1. The number of fused-ring (bicyclic) bond motifs is 1. The SMILES string of the molecule is CCCn1nc2n(c1=O)CCN(Cc1cn[nH]c1-c1cc(OC)ccc1OC)C2. The Kier molecular flexibility index (Phi) is 5.39. The van der Waals surface area contributed by atoms with Crippen LogP contribution in [0.3, 0.4) is 0 Å². The Hall–Kier alpha value is -3.07. The second-order valence-corrected chi connectivity index (χ2v) is 7.12. The van der Waals surface area contributed by atoms with Crippen molar-refractivity contribution in [2.75, 3.05) is 20.8 Å². The normalized spacial score (nSPS) is 14.0. The number of nitrogens with one attached hydrogen (secondary N) is 1. The molecule has 4 rings (SSSR count). The number of H-pyrrole nitrogens is 1. The van der Waals surface area contributed by atoms with Gasteiger partial charge in [0.15, 0.2) is 0 Å². The molecule has 1 N–H and O–H groups in total. The lowest BCUT2D eigenvalue weighted by Crippen LogP contribution is -2.37. The van der Waals surface area contributed by atoms with Crippen LogP contribution in [0.2, 0.25) is 0 Å². The predicted molar refractivity (Wildman–Crippen MR) is 108 cm³/mol. The number of hydrogen-bond donors (Lipinski definition) is 1. The predicted octanol–water partition coefficient (Wildman–Crippen LogP) is 1.88. The highest BCUT2D eigenvalue weighted by atomic mass is 16.5. The van der Waals surface area contributed by atoms with Gasteiger partial charge in [-0.2, -0.15) is 10.2 Å². The molecule has 1 aliphatic heterocycles. The molecular formula is C20H26N6O3. The monoisotopic (exact) mass is 398 g/mol. The standard InChI is InChI=1S/C20H26N6O3/c1-4-7-26-20(27)25-9-8-24(13-18(25)23-26)12-14-11-21-22-19(14)16-10-15(28-2)5-6-17(16)29-3/h5-6,10-11H,4,7-9,12-13H2,1-3H3,(H,21,22). The van der Waals surface area contributed by atoms with Gasteiger partial charge in [0.05, 0.1) is 32.7 Å². The van der Waals surface area contributed by atoms with E-state index in [1.165, 1.54) is 0 Å². The quantitative estimate of drug-likeness (QED) is 0.654. The summed E-state index contributed by atoms with van der Waals surface area (Å²) in [6.07, 6.45) is 2.73. The average Bonchev–Trinajstić information content (AvgIpc) is 3.32. The first-order valence-corrected chi connectivity index (χ1v) is 9.78. The highest BCUT2D eigenvalue weighted by molar-refractivity contribution is 5.71. The molecule has 1 aromatic carbocycles. The van der Waals surface area contributed by atoms with Gasteiger partial charge in [-0.3, -0.25) is 14.6 Å². The molecule has 0 bridgehead atoms. The fourth-order valence-electron chi connectivity index (χ4n) is 3.75. The van der Waals surface area contributed by atoms with E-state index in [1.54, 1.807) is 23.5 Å². The van der Waals surface area contributed by atoms with E-state index in [0.717, 1.165) is 47.1 Å². The minimum Gasteiger partial charge on any atom is -0.497 e. The Morgan fingerprint density at radius 3 is 2.83 bits per heavy atom. The van der Waals surface area contributed by atoms with Gasteiger partial charge < -0.3 is 9.47 Å². The van der Waals surface area contributed by atoms with Crippen molar-refractivity contribution >= 4 is 0 Å². The molecule has 0 spiro atoms. The highest BCUT2D eigenvalue weighted by Gasteiger charge is 2.23. The van der Waals surface area contributed by atoms with Crippen molar-refractivity contribution in [1.29, 1.82) is 0 Å². The summed E-state index contributed by atoms with van der Waals surface area (Å²) in [5, 5.41) is 11.9. The summed E-state index contributed by atoms with van der Waals surface area (Å²) in [5.41, 5.74) is 2.85. The van der Waals surface area contributed by atoms with Crippen molar-refractivity contribution in [3.63, 3.8) is 0 Å². The van der Waals surface area contributed by atoms with Gasteiger partial charge in [-0.05, 0) is 24.6 Å². The first-order valence-electron chi connectivity index (χ1n) is 9.78. The fourth-order valence-corrected chi connectivity index (χ4v) is 3.75. The van der Waals surface area contributed by atoms with Gasteiger partial charge in [0, 0.05) is 37.3 Å². The topological polar surface area (TPSA) is 90.2 Å².